The maximum Gasteiger partial charge on any atom is 0.337 e. The average molecular weight is 453 g/mol. The number of carboxylic acids is 1. The highest BCUT2D eigenvalue weighted by Crippen LogP contribution is 2.34. The van der Waals surface area contributed by atoms with Crippen molar-refractivity contribution in [2.75, 3.05) is 48.4 Å². The predicted molar refractivity (Wildman–Crippen MR) is 118 cm³/mol. The molecule has 0 unspecified atom stereocenters. The number of benzene rings is 2. The molecule has 1 heterocycles. The van der Waals surface area contributed by atoms with E-state index in [0.29, 0.717) is 17.0 Å². The topological polar surface area (TPSA) is 105 Å². The number of carboxylic acid groups (broad SMARTS) is 1. The first-order chi connectivity index (χ1) is 14.3. The maximum absolute atomic E-state index is 13.0. The smallest absolute Gasteiger partial charge is 0.337 e. The second kappa shape index (κ2) is 9.05. The minimum atomic E-state index is -3.98. The first kappa shape index (κ1) is 22.1. The lowest BCUT2D eigenvalue weighted by atomic mass is 10.1. The Labute approximate surface area is 180 Å². The number of aryl methyl sites for hydroxylation is 1. The van der Waals surface area contributed by atoms with Crippen molar-refractivity contribution in [1.29, 1.82) is 0 Å². The van der Waals surface area contributed by atoms with Crippen molar-refractivity contribution in [1.82, 2.24) is 0 Å². The zero-order chi connectivity index (χ0) is 21.9. The molecule has 1 fully saturated rings. The second-order valence-corrected chi connectivity index (χ2v) is 9.59. The van der Waals surface area contributed by atoms with E-state index in [1.54, 1.807) is 25.1 Å². The van der Waals surface area contributed by atoms with Crippen molar-refractivity contribution in [3.63, 3.8) is 0 Å². The van der Waals surface area contributed by atoms with Crippen LogP contribution in [0.25, 0.3) is 0 Å². The first-order valence-electron chi connectivity index (χ1n) is 9.22. The van der Waals surface area contributed by atoms with Gasteiger partial charge in [0.05, 0.1) is 30.4 Å². The molecule has 0 aliphatic carbocycles. The van der Waals surface area contributed by atoms with E-state index in [4.69, 9.17) is 9.47 Å². The quantitative estimate of drug-likeness (QED) is 0.660. The minimum absolute atomic E-state index is 0.0224. The molecule has 162 valence electrons. The van der Waals surface area contributed by atoms with Crippen LogP contribution in [0.1, 0.15) is 15.9 Å². The molecule has 0 saturated carbocycles. The van der Waals surface area contributed by atoms with Crippen molar-refractivity contribution in [2.24, 2.45) is 0 Å². The van der Waals surface area contributed by atoms with Crippen LogP contribution in [0.5, 0.6) is 11.5 Å². The van der Waals surface area contributed by atoms with Gasteiger partial charge in [-0.1, -0.05) is 0 Å². The van der Waals surface area contributed by atoms with Crippen LogP contribution in [-0.2, 0) is 10.0 Å². The number of carbonyl (C=O) groups is 1. The minimum Gasteiger partial charge on any atom is -0.493 e. The SMILES string of the molecule is COc1cc(C)c(S(=O)(=O)Nc2ccc(N3CCSCC3)c(C(=O)O)c2)cc1OC. The summed E-state index contributed by atoms with van der Waals surface area (Å²) >= 11 is 1.82. The fourth-order valence-corrected chi connectivity index (χ4v) is 5.51. The number of hydrogen-bond acceptors (Lipinski definition) is 7. The number of thioether (sulfide) groups is 1. The largest absolute Gasteiger partial charge is 0.493 e. The molecule has 0 amide bonds. The van der Waals surface area contributed by atoms with E-state index in [0.717, 1.165) is 24.6 Å². The van der Waals surface area contributed by atoms with Crippen LogP contribution in [0, 0.1) is 6.92 Å². The molecular weight excluding hydrogens is 428 g/mol. The van der Waals surface area contributed by atoms with Gasteiger partial charge in [0.25, 0.3) is 10.0 Å². The average Bonchev–Trinajstić information content (AvgIpc) is 2.73. The lowest BCUT2D eigenvalue weighted by Gasteiger charge is -2.29. The van der Waals surface area contributed by atoms with Gasteiger partial charge in [-0.25, -0.2) is 13.2 Å². The number of ether oxygens (including phenoxy) is 2. The Morgan fingerprint density at radius 3 is 2.33 bits per heavy atom. The Morgan fingerprint density at radius 2 is 1.73 bits per heavy atom. The van der Waals surface area contributed by atoms with Crippen molar-refractivity contribution < 1.29 is 27.8 Å². The molecular formula is C20H24N2O6S2. The Hall–Kier alpha value is -2.59. The second-order valence-electron chi connectivity index (χ2n) is 6.71. The molecule has 2 aromatic carbocycles. The molecule has 0 spiro atoms. The summed E-state index contributed by atoms with van der Waals surface area (Å²) in [6, 6.07) is 7.55. The van der Waals surface area contributed by atoms with Crippen LogP contribution in [-0.4, -0.2) is 58.3 Å². The van der Waals surface area contributed by atoms with Crippen LogP contribution in [0.3, 0.4) is 0 Å². The zero-order valence-corrected chi connectivity index (χ0v) is 18.6. The number of nitrogens with one attached hydrogen (secondary N) is 1. The van der Waals surface area contributed by atoms with Crippen LogP contribution < -0.4 is 19.1 Å². The van der Waals surface area contributed by atoms with E-state index in [1.165, 1.54) is 26.4 Å². The number of methoxy groups -OCH3 is 2. The number of anilines is 2. The summed E-state index contributed by atoms with van der Waals surface area (Å²) < 4.78 is 38.9. The van der Waals surface area contributed by atoms with Gasteiger partial charge in [0.1, 0.15) is 0 Å². The van der Waals surface area contributed by atoms with Gasteiger partial charge in [-0.15, -0.1) is 0 Å². The van der Waals surface area contributed by atoms with Gasteiger partial charge in [0, 0.05) is 36.3 Å². The van der Waals surface area contributed by atoms with E-state index in [1.807, 2.05) is 16.7 Å². The highest BCUT2D eigenvalue weighted by molar-refractivity contribution is 7.99. The monoisotopic (exact) mass is 452 g/mol. The molecule has 2 aromatic rings. The van der Waals surface area contributed by atoms with Gasteiger partial charge in [-0.3, -0.25) is 4.72 Å². The standard InChI is InChI=1S/C20H24N2O6S2/c1-13-10-17(27-2)18(28-3)12-19(13)30(25,26)21-14-4-5-16(15(11-14)20(23)24)22-6-8-29-9-7-22/h4-5,10-12,21H,6-9H2,1-3H3,(H,23,24). The van der Waals surface area contributed by atoms with Crippen molar-refractivity contribution in [3.8, 4) is 11.5 Å². The van der Waals surface area contributed by atoms with Crippen molar-refractivity contribution in [3.05, 3.63) is 41.5 Å². The van der Waals surface area contributed by atoms with E-state index in [-0.39, 0.29) is 21.9 Å². The molecule has 0 atom stereocenters. The lowest BCUT2D eigenvalue weighted by Crippen LogP contribution is -2.33. The fraction of sp³-hybridized carbons (Fsp3) is 0.350. The molecule has 0 aromatic heterocycles. The molecule has 1 saturated heterocycles. The molecule has 0 radical (unpaired) electrons. The Morgan fingerprint density at radius 1 is 1.10 bits per heavy atom. The fourth-order valence-electron chi connectivity index (χ4n) is 3.31. The number of aromatic carboxylic acids is 1. The summed E-state index contributed by atoms with van der Waals surface area (Å²) in [5.74, 6) is 1.45. The van der Waals surface area contributed by atoms with Crippen LogP contribution in [0.15, 0.2) is 35.2 Å². The Balaban J connectivity index is 1.95. The Bertz CT molecular complexity index is 1050. The molecule has 30 heavy (non-hydrogen) atoms. The van der Waals surface area contributed by atoms with E-state index in [9.17, 15) is 18.3 Å². The third kappa shape index (κ3) is 4.59. The third-order valence-corrected chi connectivity index (χ3v) is 7.27. The number of nitrogens with zero attached hydrogens (tertiary/aromatic N) is 1. The van der Waals surface area contributed by atoms with Gasteiger partial charge >= 0.3 is 5.97 Å². The summed E-state index contributed by atoms with van der Waals surface area (Å²) in [5.41, 5.74) is 1.30. The summed E-state index contributed by atoms with van der Waals surface area (Å²) in [7, 11) is -1.08. The van der Waals surface area contributed by atoms with Gasteiger partial charge in [-0.2, -0.15) is 11.8 Å². The summed E-state index contributed by atoms with van der Waals surface area (Å²) in [6.45, 7) is 3.15. The maximum atomic E-state index is 13.0. The Kier molecular flexibility index (Phi) is 6.67. The van der Waals surface area contributed by atoms with Crippen molar-refractivity contribution in [2.45, 2.75) is 11.8 Å². The highest BCUT2D eigenvalue weighted by Gasteiger charge is 2.23. The molecule has 2 N–H and O–H groups in total. The van der Waals surface area contributed by atoms with E-state index in [2.05, 4.69) is 4.72 Å². The number of rotatable bonds is 7. The van der Waals surface area contributed by atoms with Gasteiger partial charge in [-0.05, 0) is 36.8 Å². The molecule has 8 nitrogen and oxygen atoms in total. The summed E-state index contributed by atoms with van der Waals surface area (Å²) in [5, 5.41) is 9.67. The van der Waals surface area contributed by atoms with Crippen LogP contribution >= 0.6 is 11.8 Å². The van der Waals surface area contributed by atoms with Crippen LogP contribution in [0.2, 0.25) is 0 Å². The van der Waals surface area contributed by atoms with Crippen LogP contribution in [0.4, 0.5) is 11.4 Å². The predicted octanol–water partition coefficient (Wildman–Crippen LogP) is 3.06. The molecule has 3 rings (SSSR count). The number of sulfonamides is 1. The first-order valence-corrected chi connectivity index (χ1v) is 11.9. The van der Waals surface area contributed by atoms with E-state index >= 15 is 0 Å². The zero-order valence-electron chi connectivity index (χ0n) is 17.0. The van der Waals surface area contributed by atoms with Crippen molar-refractivity contribution >= 4 is 39.1 Å². The van der Waals surface area contributed by atoms with E-state index < -0.39 is 16.0 Å². The third-order valence-electron chi connectivity index (χ3n) is 4.80. The van der Waals surface area contributed by atoms with Gasteiger partial charge < -0.3 is 19.5 Å². The number of hydrogen-bond donors (Lipinski definition) is 2. The molecule has 1 aliphatic rings. The highest BCUT2D eigenvalue weighted by atomic mass is 32.2. The molecule has 0 bridgehead atoms. The summed E-state index contributed by atoms with van der Waals surface area (Å²) in [4.78, 5) is 13.9. The lowest BCUT2D eigenvalue weighted by molar-refractivity contribution is 0.0697. The molecule has 1 aliphatic heterocycles. The normalized spacial score (nSPS) is 14.3. The van der Waals surface area contributed by atoms with Gasteiger partial charge in [0.2, 0.25) is 0 Å². The summed E-state index contributed by atoms with van der Waals surface area (Å²) in [6.07, 6.45) is 0. The van der Waals surface area contributed by atoms with Gasteiger partial charge in [0.15, 0.2) is 11.5 Å². The molecule has 10 heteroatoms.